The molecule has 1 aliphatic heterocycles. The summed E-state index contributed by atoms with van der Waals surface area (Å²) in [6, 6.07) is 13.4. The molecule has 5 rings (SSSR count). The number of nitriles is 1. The Labute approximate surface area is 167 Å². The van der Waals surface area contributed by atoms with Gasteiger partial charge in [0, 0.05) is 36.9 Å². The fraction of sp³-hybridized carbons (Fsp3) is 0.286. The van der Waals surface area contributed by atoms with E-state index in [1.54, 1.807) is 28.0 Å². The molecule has 3 aromatic rings. The molecule has 1 N–H and O–H groups in total. The number of hydrogen-bond donors (Lipinski definition) is 1. The SMILES string of the molecule is N#C[C@@]1(C2CC2)CCN(c2ccnc(Nc3cccc(-n4cccn4)n3)c2)C1=O. The van der Waals surface area contributed by atoms with E-state index >= 15 is 0 Å². The Bertz CT molecular complexity index is 1100. The predicted molar refractivity (Wildman–Crippen MR) is 107 cm³/mol. The van der Waals surface area contributed by atoms with Crippen LogP contribution in [0.2, 0.25) is 0 Å². The quantitative estimate of drug-likeness (QED) is 0.725. The van der Waals surface area contributed by atoms with Gasteiger partial charge in [-0.05, 0) is 49.4 Å². The second-order valence-electron chi connectivity index (χ2n) is 7.42. The van der Waals surface area contributed by atoms with Gasteiger partial charge in [0.1, 0.15) is 17.1 Å². The summed E-state index contributed by atoms with van der Waals surface area (Å²) in [5, 5.41) is 17.1. The third-order valence-electron chi connectivity index (χ3n) is 5.62. The van der Waals surface area contributed by atoms with Crippen LogP contribution in [-0.2, 0) is 4.79 Å². The Morgan fingerprint density at radius 1 is 1.17 bits per heavy atom. The van der Waals surface area contributed by atoms with Gasteiger partial charge >= 0.3 is 0 Å². The second kappa shape index (κ2) is 6.71. The largest absolute Gasteiger partial charge is 0.325 e. The van der Waals surface area contributed by atoms with Gasteiger partial charge in [-0.3, -0.25) is 4.79 Å². The smallest absolute Gasteiger partial charge is 0.247 e. The van der Waals surface area contributed by atoms with Crippen molar-refractivity contribution in [1.82, 2.24) is 19.7 Å². The lowest BCUT2D eigenvalue weighted by Crippen LogP contribution is -2.35. The summed E-state index contributed by atoms with van der Waals surface area (Å²) < 4.78 is 1.68. The summed E-state index contributed by atoms with van der Waals surface area (Å²) in [5.74, 6) is 2.02. The highest BCUT2D eigenvalue weighted by Gasteiger charge is 2.56. The lowest BCUT2D eigenvalue weighted by molar-refractivity contribution is -0.123. The number of carbonyl (C=O) groups excluding carboxylic acids is 1. The van der Waals surface area contributed by atoms with Crippen molar-refractivity contribution in [2.45, 2.75) is 19.3 Å². The van der Waals surface area contributed by atoms with E-state index in [1.807, 2.05) is 36.5 Å². The molecule has 8 nitrogen and oxygen atoms in total. The van der Waals surface area contributed by atoms with Crippen molar-refractivity contribution in [3.63, 3.8) is 0 Å². The van der Waals surface area contributed by atoms with Crippen LogP contribution in [0.5, 0.6) is 0 Å². The number of nitrogens with zero attached hydrogens (tertiary/aromatic N) is 6. The standard InChI is InChI=1S/C21H19N7O/c22-14-21(15-5-6-15)8-12-27(20(21)29)16-7-10-23-18(13-16)25-17-3-1-4-19(26-17)28-11-2-9-24-28/h1-4,7,9-11,13,15H,5-6,8,12H2,(H,23,25,26)/t21-/m1/s1. The second-order valence-corrected chi connectivity index (χ2v) is 7.42. The number of carbonyl (C=O) groups is 1. The average Bonchev–Trinajstić information content (AvgIpc) is 3.34. The van der Waals surface area contributed by atoms with Gasteiger partial charge in [0.25, 0.3) is 0 Å². The van der Waals surface area contributed by atoms with Gasteiger partial charge < -0.3 is 10.2 Å². The van der Waals surface area contributed by atoms with Gasteiger partial charge in [-0.15, -0.1) is 0 Å². The molecule has 0 spiro atoms. The van der Waals surface area contributed by atoms with Crippen molar-refractivity contribution < 1.29 is 4.79 Å². The van der Waals surface area contributed by atoms with Crippen molar-refractivity contribution in [3.05, 3.63) is 55.0 Å². The highest BCUT2D eigenvalue weighted by molar-refractivity contribution is 6.02. The van der Waals surface area contributed by atoms with Gasteiger partial charge in [0.2, 0.25) is 5.91 Å². The van der Waals surface area contributed by atoms with Crippen LogP contribution in [0.3, 0.4) is 0 Å². The zero-order valence-electron chi connectivity index (χ0n) is 15.7. The van der Waals surface area contributed by atoms with Crippen LogP contribution in [-0.4, -0.2) is 32.2 Å². The van der Waals surface area contributed by atoms with E-state index in [0.717, 1.165) is 18.5 Å². The molecule has 1 atom stereocenters. The maximum absolute atomic E-state index is 13.0. The molecule has 0 bridgehead atoms. The maximum Gasteiger partial charge on any atom is 0.247 e. The highest BCUT2D eigenvalue weighted by atomic mass is 16.2. The van der Waals surface area contributed by atoms with E-state index in [2.05, 4.69) is 26.5 Å². The minimum absolute atomic E-state index is 0.0848. The Kier molecular flexibility index (Phi) is 4.02. The van der Waals surface area contributed by atoms with Gasteiger partial charge in [0.15, 0.2) is 5.82 Å². The number of anilines is 3. The fourth-order valence-corrected chi connectivity index (χ4v) is 3.95. The summed E-state index contributed by atoms with van der Waals surface area (Å²) in [6.07, 6.45) is 7.70. The minimum Gasteiger partial charge on any atom is -0.325 e. The van der Waals surface area contributed by atoms with Crippen LogP contribution in [0.15, 0.2) is 55.0 Å². The van der Waals surface area contributed by atoms with E-state index in [9.17, 15) is 10.1 Å². The molecular formula is C21H19N7O. The van der Waals surface area contributed by atoms with Crippen LogP contribution in [0.25, 0.3) is 5.82 Å². The number of amides is 1. The van der Waals surface area contributed by atoms with E-state index in [4.69, 9.17) is 0 Å². The zero-order chi connectivity index (χ0) is 19.8. The molecule has 1 saturated heterocycles. The van der Waals surface area contributed by atoms with Crippen LogP contribution in [0.1, 0.15) is 19.3 Å². The normalized spacial score (nSPS) is 21.2. The van der Waals surface area contributed by atoms with Crippen molar-refractivity contribution in [2.24, 2.45) is 11.3 Å². The number of nitrogens with one attached hydrogen (secondary N) is 1. The first-order valence-corrected chi connectivity index (χ1v) is 9.63. The van der Waals surface area contributed by atoms with Gasteiger partial charge in [-0.25, -0.2) is 14.6 Å². The average molecular weight is 385 g/mol. The fourth-order valence-electron chi connectivity index (χ4n) is 3.95. The van der Waals surface area contributed by atoms with Crippen molar-refractivity contribution in [1.29, 1.82) is 5.26 Å². The Morgan fingerprint density at radius 3 is 2.83 bits per heavy atom. The molecule has 4 heterocycles. The molecule has 0 radical (unpaired) electrons. The van der Waals surface area contributed by atoms with E-state index in [-0.39, 0.29) is 11.8 Å². The Hall–Kier alpha value is -3.73. The Morgan fingerprint density at radius 2 is 2.07 bits per heavy atom. The molecule has 29 heavy (non-hydrogen) atoms. The number of rotatable bonds is 5. The first kappa shape index (κ1) is 17.4. The van der Waals surface area contributed by atoms with E-state index in [1.165, 1.54) is 0 Å². The third-order valence-corrected chi connectivity index (χ3v) is 5.62. The van der Waals surface area contributed by atoms with Crippen molar-refractivity contribution in [2.75, 3.05) is 16.8 Å². The third kappa shape index (κ3) is 3.01. The van der Waals surface area contributed by atoms with Crippen LogP contribution in [0, 0.1) is 22.7 Å². The number of aromatic nitrogens is 4. The summed E-state index contributed by atoms with van der Waals surface area (Å²) in [5.41, 5.74) is -0.107. The molecule has 1 aliphatic carbocycles. The topological polar surface area (TPSA) is 99.7 Å². The van der Waals surface area contributed by atoms with Crippen LogP contribution in [0.4, 0.5) is 17.3 Å². The van der Waals surface area contributed by atoms with Crippen molar-refractivity contribution >= 4 is 23.2 Å². The first-order valence-electron chi connectivity index (χ1n) is 9.63. The summed E-state index contributed by atoms with van der Waals surface area (Å²) in [6.45, 7) is 0.555. The first-order chi connectivity index (χ1) is 14.2. The monoisotopic (exact) mass is 385 g/mol. The summed E-state index contributed by atoms with van der Waals surface area (Å²) >= 11 is 0. The molecule has 3 aromatic heterocycles. The molecule has 2 fully saturated rings. The van der Waals surface area contributed by atoms with Crippen LogP contribution >= 0.6 is 0 Å². The molecule has 2 aliphatic rings. The molecule has 1 amide bonds. The molecule has 0 aromatic carbocycles. The van der Waals surface area contributed by atoms with E-state index < -0.39 is 5.41 Å². The van der Waals surface area contributed by atoms with Crippen LogP contribution < -0.4 is 10.2 Å². The number of hydrogen-bond acceptors (Lipinski definition) is 6. The molecule has 1 saturated carbocycles. The van der Waals surface area contributed by atoms with Gasteiger partial charge in [0.05, 0.1) is 6.07 Å². The predicted octanol–water partition coefficient (Wildman–Crippen LogP) is 3.06. The van der Waals surface area contributed by atoms with Crippen molar-refractivity contribution in [3.8, 4) is 11.9 Å². The lowest BCUT2D eigenvalue weighted by Gasteiger charge is -2.21. The Balaban J connectivity index is 1.38. The highest BCUT2D eigenvalue weighted by Crippen LogP contribution is 2.51. The van der Waals surface area contributed by atoms with Gasteiger partial charge in [-0.2, -0.15) is 10.4 Å². The minimum atomic E-state index is -0.851. The molecule has 144 valence electrons. The zero-order valence-corrected chi connectivity index (χ0v) is 15.7. The molecule has 0 unspecified atom stereocenters. The maximum atomic E-state index is 13.0. The molecular weight excluding hydrogens is 366 g/mol. The lowest BCUT2D eigenvalue weighted by atomic mass is 9.83. The summed E-state index contributed by atoms with van der Waals surface area (Å²) in [7, 11) is 0. The van der Waals surface area contributed by atoms with Gasteiger partial charge in [-0.1, -0.05) is 6.07 Å². The number of pyridine rings is 2. The van der Waals surface area contributed by atoms with E-state index in [0.29, 0.717) is 30.4 Å². The molecule has 8 heteroatoms. The summed E-state index contributed by atoms with van der Waals surface area (Å²) in [4.78, 5) is 23.6.